The third-order valence-corrected chi connectivity index (χ3v) is 0.838. The van der Waals surface area contributed by atoms with Crippen molar-refractivity contribution in [1.29, 1.82) is 0 Å². The molecule has 0 rings (SSSR count). The van der Waals surface area contributed by atoms with Crippen LogP contribution in [-0.2, 0) is 0 Å². The highest BCUT2D eigenvalue weighted by atomic mass is 15.2. The van der Waals surface area contributed by atoms with Gasteiger partial charge in [-0.2, -0.15) is 0 Å². The molecule has 1 unspecified atom stereocenters. The first-order valence-corrected chi connectivity index (χ1v) is 2.23. The van der Waals surface area contributed by atoms with Gasteiger partial charge in [-0.3, -0.25) is 4.90 Å². The molecule has 2 heteroatoms. The highest BCUT2D eigenvalue weighted by Gasteiger charge is 1.93. The molecule has 0 aliphatic heterocycles. The van der Waals surface area contributed by atoms with E-state index in [1.807, 2.05) is 19.0 Å². The maximum atomic E-state index is 5.42. The Morgan fingerprint density at radius 1 is 1.71 bits per heavy atom. The summed E-state index contributed by atoms with van der Waals surface area (Å²) < 4.78 is 0. The highest BCUT2D eigenvalue weighted by molar-refractivity contribution is 4.78. The Hall–Kier alpha value is -0.340. The average Bonchev–Trinajstić information content (AvgIpc) is 1.65. The lowest BCUT2D eigenvalue weighted by Crippen LogP contribution is -2.33. The molecule has 0 aliphatic carbocycles. The third kappa shape index (κ3) is 2.37. The van der Waals surface area contributed by atoms with Crippen LogP contribution in [0.1, 0.15) is 0 Å². The molecule has 1 atom stereocenters. The fourth-order valence-corrected chi connectivity index (χ4v) is 0.211. The normalized spacial score (nSPS) is 14.3. The maximum absolute atomic E-state index is 5.42. The van der Waals surface area contributed by atoms with Crippen LogP contribution in [0.15, 0.2) is 12.7 Å². The standard InChI is InChI=1S/C5H12N2/c1-4-5(6)7(2)3/h4-5H,1,6H2,2-3H3. The third-order valence-electron chi connectivity index (χ3n) is 0.838. The van der Waals surface area contributed by atoms with E-state index in [0.29, 0.717) is 0 Å². The molecular formula is C5H12N2. The first-order chi connectivity index (χ1) is 3.18. The van der Waals surface area contributed by atoms with E-state index >= 15 is 0 Å². The molecule has 0 bridgehead atoms. The molecule has 0 amide bonds. The number of nitrogens with zero attached hydrogens (tertiary/aromatic N) is 1. The Morgan fingerprint density at radius 2 is 2.14 bits per heavy atom. The number of likely N-dealkylation sites (N-methyl/N-ethyl adjacent to an activating group) is 1. The second-order valence-corrected chi connectivity index (χ2v) is 1.69. The molecule has 42 valence electrons. The summed E-state index contributed by atoms with van der Waals surface area (Å²) in [5.41, 5.74) is 5.42. The van der Waals surface area contributed by atoms with Crippen LogP contribution in [0.2, 0.25) is 0 Å². The van der Waals surface area contributed by atoms with Gasteiger partial charge in [-0.1, -0.05) is 6.08 Å². The largest absolute Gasteiger partial charge is 0.312 e. The molecule has 0 radical (unpaired) electrons. The van der Waals surface area contributed by atoms with Crippen molar-refractivity contribution in [3.8, 4) is 0 Å². The van der Waals surface area contributed by atoms with Crippen LogP contribution in [0.3, 0.4) is 0 Å². The summed E-state index contributed by atoms with van der Waals surface area (Å²) in [4.78, 5) is 1.88. The van der Waals surface area contributed by atoms with Crippen molar-refractivity contribution in [2.75, 3.05) is 14.1 Å². The second kappa shape index (κ2) is 2.77. The first kappa shape index (κ1) is 6.66. The summed E-state index contributed by atoms with van der Waals surface area (Å²) in [6.45, 7) is 3.52. The summed E-state index contributed by atoms with van der Waals surface area (Å²) in [7, 11) is 3.82. The van der Waals surface area contributed by atoms with Gasteiger partial charge in [0.25, 0.3) is 0 Å². The average molecular weight is 100 g/mol. The van der Waals surface area contributed by atoms with E-state index in [9.17, 15) is 0 Å². The number of nitrogens with two attached hydrogens (primary N) is 1. The summed E-state index contributed by atoms with van der Waals surface area (Å²) in [5.74, 6) is 0. The molecule has 0 aliphatic rings. The smallest absolute Gasteiger partial charge is 0.0756 e. The van der Waals surface area contributed by atoms with Crippen molar-refractivity contribution in [2.24, 2.45) is 5.73 Å². The Balaban J connectivity index is 3.33. The predicted octanol–water partition coefficient (Wildman–Crippen LogP) is 0.0188. The van der Waals surface area contributed by atoms with E-state index in [0.717, 1.165) is 0 Å². The van der Waals surface area contributed by atoms with Crippen LogP contribution >= 0.6 is 0 Å². The van der Waals surface area contributed by atoms with Gasteiger partial charge in [0.2, 0.25) is 0 Å². The van der Waals surface area contributed by atoms with E-state index in [2.05, 4.69) is 6.58 Å². The molecule has 0 saturated carbocycles. The van der Waals surface area contributed by atoms with Crippen molar-refractivity contribution >= 4 is 0 Å². The molecule has 0 aromatic heterocycles. The number of hydrogen-bond donors (Lipinski definition) is 1. The molecule has 0 aromatic carbocycles. The molecule has 0 aromatic rings. The molecule has 2 N–H and O–H groups in total. The molecule has 0 spiro atoms. The zero-order valence-corrected chi connectivity index (χ0v) is 4.89. The minimum Gasteiger partial charge on any atom is -0.312 e. The van der Waals surface area contributed by atoms with Crippen molar-refractivity contribution in [3.05, 3.63) is 12.7 Å². The monoisotopic (exact) mass is 100 g/mol. The summed E-state index contributed by atoms with van der Waals surface area (Å²) in [6.07, 6.45) is 1.69. The number of rotatable bonds is 2. The SMILES string of the molecule is C=CC(N)N(C)C. The van der Waals surface area contributed by atoms with Crippen molar-refractivity contribution in [2.45, 2.75) is 6.17 Å². The fraction of sp³-hybridized carbons (Fsp3) is 0.600. The first-order valence-electron chi connectivity index (χ1n) is 2.23. The van der Waals surface area contributed by atoms with Crippen molar-refractivity contribution in [1.82, 2.24) is 4.90 Å². The summed E-state index contributed by atoms with van der Waals surface area (Å²) >= 11 is 0. The minimum atomic E-state index is -0.000000000000000444. The van der Waals surface area contributed by atoms with E-state index in [4.69, 9.17) is 5.73 Å². The maximum Gasteiger partial charge on any atom is 0.0756 e. The Morgan fingerprint density at radius 3 is 2.14 bits per heavy atom. The predicted molar refractivity (Wildman–Crippen MR) is 31.9 cm³/mol. The van der Waals surface area contributed by atoms with Crippen LogP contribution in [0.25, 0.3) is 0 Å². The van der Waals surface area contributed by atoms with Crippen LogP contribution in [0.5, 0.6) is 0 Å². The fourth-order valence-electron chi connectivity index (χ4n) is 0.211. The van der Waals surface area contributed by atoms with Gasteiger partial charge >= 0.3 is 0 Å². The van der Waals surface area contributed by atoms with E-state index < -0.39 is 0 Å². The Labute approximate surface area is 44.6 Å². The van der Waals surface area contributed by atoms with Gasteiger partial charge in [-0.05, 0) is 14.1 Å². The molecule has 7 heavy (non-hydrogen) atoms. The van der Waals surface area contributed by atoms with Crippen molar-refractivity contribution in [3.63, 3.8) is 0 Å². The quantitative estimate of drug-likeness (QED) is 0.391. The minimum absolute atomic E-state index is 0.000000000000000444. The van der Waals surface area contributed by atoms with Gasteiger partial charge < -0.3 is 5.73 Å². The molecule has 0 saturated heterocycles. The zero-order valence-electron chi connectivity index (χ0n) is 4.89. The van der Waals surface area contributed by atoms with Crippen LogP contribution in [0.4, 0.5) is 0 Å². The van der Waals surface area contributed by atoms with E-state index in [-0.39, 0.29) is 6.17 Å². The van der Waals surface area contributed by atoms with Gasteiger partial charge in [0.05, 0.1) is 6.17 Å². The van der Waals surface area contributed by atoms with Gasteiger partial charge in [0, 0.05) is 0 Å². The molecule has 2 nitrogen and oxygen atoms in total. The number of hydrogen-bond acceptors (Lipinski definition) is 2. The topological polar surface area (TPSA) is 29.3 Å². The van der Waals surface area contributed by atoms with Crippen LogP contribution in [-0.4, -0.2) is 25.2 Å². The molecule has 0 fully saturated rings. The van der Waals surface area contributed by atoms with E-state index in [1.54, 1.807) is 6.08 Å². The Bertz CT molecular complexity index is 59.1. The van der Waals surface area contributed by atoms with E-state index in [1.165, 1.54) is 0 Å². The van der Waals surface area contributed by atoms with Gasteiger partial charge in [0.15, 0.2) is 0 Å². The summed E-state index contributed by atoms with van der Waals surface area (Å²) in [6, 6.07) is 0. The Kier molecular flexibility index (Phi) is 2.64. The van der Waals surface area contributed by atoms with Crippen LogP contribution in [0, 0.1) is 0 Å². The zero-order chi connectivity index (χ0) is 5.86. The lowest BCUT2D eigenvalue weighted by Gasteiger charge is -2.13. The van der Waals surface area contributed by atoms with Gasteiger partial charge in [-0.25, -0.2) is 0 Å². The van der Waals surface area contributed by atoms with Crippen LogP contribution < -0.4 is 5.73 Å². The van der Waals surface area contributed by atoms with Gasteiger partial charge in [-0.15, -0.1) is 6.58 Å². The van der Waals surface area contributed by atoms with Crippen molar-refractivity contribution < 1.29 is 0 Å². The molecule has 0 heterocycles. The lowest BCUT2D eigenvalue weighted by molar-refractivity contribution is 0.351. The highest BCUT2D eigenvalue weighted by Crippen LogP contribution is 1.80. The second-order valence-electron chi connectivity index (χ2n) is 1.69. The molecular weight excluding hydrogens is 88.1 g/mol. The van der Waals surface area contributed by atoms with Gasteiger partial charge in [0.1, 0.15) is 0 Å². The summed E-state index contributed by atoms with van der Waals surface area (Å²) in [5, 5.41) is 0. The lowest BCUT2D eigenvalue weighted by atomic mass is 10.5.